The second kappa shape index (κ2) is 8.49. The molecule has 150 valence electrons. The molecule has 2 aromatic carbocycles. The quantitative estimate of drug-likeness (QED) is 0.474. The Morgan fingerprint density at radius 3 is 2.97 bits per heavy atom. The van der Waals surface area contributed by atoms with Gasteiger partial charge >= 0.3 is 0 Å². The maximum atomic E-state index is 12.7. The second-order valence-corrected chi connectivity index (χ2v) is 6.64. The average Bonchev–Trinajstić information content (AvgIpc) is 3.13. The van der Waals surface area contributed by atoms with Crippen LogP contribution >= 0.6 is 0 Å². The lowest BCUT2D eigenvalue weighted by molar-refractivity contribution is -0.116. The highest BCUT2D eigenvalue weighted by atomic mass is 16.5. The summed E-state index contributed by atoms with van der Waals surface area (Å²) in [5, 5.41) is 12.1. The van der Waals surface area contributed by atoms with Gasteiger partial charge < -0.3 is 14.5 Å². The number of benzene rings is 2. The molecule has 0 aliphatic rings. The van der Waals surface area contributed by atoms with E-state index in [-0.39, 0.29) is 18.0 Å². The Bertz CT molecular complexity index is 1320. The fourth-order valence-electron chi connectivity index (χ4n) is 3.09. The van der Waals surface area contributed by atoms with Crippen molar-refractivity contribution in [1.82, 2.24) is 9.55 Å². The maximum absolute atomic E-state index is 12.7. The molecule has 0 aliphatic heterocycles. The van der Waals surface area contributed by atoms with Gasteiger partial charge in [-0.3, -0.25) is 14.2 Å². The molecule has 0 saturated carbocycles. The van der Waals surface area contributed by atoms with Gasteiger partial charge in [-0.25, -0.2) is 4.98 Å². The Balaban J connectivity index is 1.47. The van der Waals surface area contributed by atoms with Crippen molar-refractivity contribution in [1.29, 1.82) is 5.26 Å². The van der Waals surface area contributed by atoms with Crippen molar-refractivity contribution in [2.24, 2.45) is 0 Å². The Hall–Kier alpha value is -4.12. The summed E-state index contributed by atoms with van der Waals surface area (Å²) >= 11 is 0. The largest absolute Gasteiger partial charge is 0.493 e. The monoisotopic (exact) mass is 402 g/mol. The van der Waals surface area contributed by atoms with Gasteiger partial charge in [-0.15, -0.1) is 0 Å². The summed E-state index contributed by atoms with van der Waals surface area (Å²) in [6.45, 7) is 0.218. The fourth-order valence-corrected chi connectivity index (χ4v) is 3.09. The summed E-state index contributed by atoms with van der Waals surface area (Å²) in [4.78, 5) is 29.5. The van der Waals surface area contributed by atoms with Gasteiger partial charge in [-0.05, 0) is 30.7 Å². The predicted molar refractivity (Wildman–Crippen MR) is 111 cm³/mol. The number of para-hydroxylation sites is 1. The van der Waals surface area contributed by atoms with E-state index in [4.69, 9.17) is 14.4 Å². The number of ether oxygens (including phenoxy) is 1. The first kappa shape index (κ1) is 19.2. The molecule has 1 N–H and O–H groups in total. The third-order valence-electron chi connectivity index (χ3n) is 4.48. The van der Waals surface area contributed by atoms with Crippen LogP contribution in [0.1, 0.15) is 12.8 Å². The number of nitriles is 1. The zero-order valence-electron chi connectivity index (χ0n) is 16.0. The third kappa shape index (κ3) is 4.00. The van der Waals surface area contributed by atoms with Crippen LogP contribution in [0.25, 0.3) is 22.1 Å². The molecule has 0 unspecified atom stereocenters. The minimum atomic E-state index is -0.416. The van der Waals surface area contributed by atoms with Gasteiger partial charge in [-0.1, -0.05) is 18.2 Å². The molecule has 30 heavy (non-hydrogen) atoms. The number of carbonyl (C=O) groups excluding carboxylic acids is 1. The number of carbonyl (C=O) groups is 1. The highest BCUT2D eigenvalue weighted by Gasteiger charge is 2.14. The molecule has 8 heteroatoms. The van der Waals surface area contributed by atoms with Crippen molar-refractivity contribution in [2.75, 3.05) is 11.9 Å². The predicted octanol–water partition coefficient (Wildman–Crippen LogP) is 3.46. The highest BCUT2D eigenvalue weighted by Crippen LogP contribution is 2.24. The average molecular weight is 402 g/mol. The van der Waals surface area contributed by atoms with E-state index < -0.39 is 5.56 Å². The SMILES string of the molecule is N#CCCCOc1cccc(NC(=O)Cn2cnc3c(oc4ccccc43)c2=O)c1. The molecule has 0 spiro atoms. The van der Waals surface area contributed by atoms with Crippen LogP contribution < -0.4 is 15.6 Å². The molecule has 1 amide bonds. The van der Waals surface area contributed by atoms with E-state index in [1.165, 1.54) is 10.9 Å². The lowest BCUT2D eigenvalue weighted by Gasteiger charge is -2.09. The number of hydrogen-bond donors (Lipinski definition) is 1. The van der Waals surface area contributed by atoms with E-state index in [0.717, 1.165) is 5.39 Å². The normalized spacial score (nSPS) is 10.8. The van der Waals surface area contributed by atoms with Crippen LogP contribution in [0.3, 0.4) is 0 Å². The molecule has 0 aliphatic carbocycles. The van der Waals surface area contributed by atoms with Crippen LogP contribution in [-0.2, 0) is 11.3 Å². The van der Waals surface area contributed by atoms with E-state index >= 15 is 0 Å². The second-order valence-electron chi connectivity index (χ2n) is 6.64. The van der Waals surface area contributed by atoms with Gasteiger partial charge in [0.1, 0.15) is 23.4 Å². The van der Waals surface area contributed by atoms with E-state index in [1.807, 2.05) is 18.2 Å². The summed E-state index contributed by atoms with van der Waals surface area (Å²) in [6, 6.07) is 16.3. The number of nitrogens with one attached hydrogen (secondary N) is 1. The summed E-state index contributed by atoms with van der Waals surface area (Å²) in [6.07, 6.45) is 2.41. The molecule has 8 nitrogen and oxygen atoms in total. The van der Waals surface area contributed by atoms with Gasteiger partial charge in [0, 0.05) is 23.6 Å². The molecule has 0 fully saturated rings. The van der Waals surface area contributed by atoms with Gasteiger partial charge in [0.2, 0.25) is 11.5 Å². The lowest BCUT2D eigenvalue weighted by Crippen LogP contribution is -2.27. The van der Waals surface area contributed by atoms with Gasteiger partial charge in [0.25, 0.3) is 5.56 Å². The van der Waals surface area contributed by atoms with Crippen molar-refractivity contribution in [2.45, 2.75) is 19.4 Å². The van der Waals surface area contributed by atoms with Crippen molar-refractivity contribution in [3.63, 3.8) is 0 Å². The lowest BCUT2D eigenvalue weighted by atomic mass is 10.2. The summed E-state index contributed by atoms with van der Waals surface area (Å²) < 4.78 is 12.4. The standard InChI is InChI=1S/C22H18N4O4/c23-10-3-4-11-29-16-7-5-6-15(12-16)25-19(27)13-26-14-24-20-17-8-1-2-9-18(17)30-21(20)22(26)28/h1-2,5-9,12,14H,3-4,11,13H2,(H,25,27). The van der Waals surface area contributed by atoms with E-state index in [0.29, 0.717) is 42.0 Å². The minimum Gasteiger partial charge on any atom is -0.493 e. The number of anilines is 1. The Morgan fingerprint density at radius 2 is 2.10 bits per heavy atom. The van der Waals surface area contributed by atoms with E-state index in [1.54, 1.807) is 30.3 Å². The summed E-state index contributed by atoms with van der Waals surface area (Å²) in [7, 11) is 0. The van der Waals surface area contributed by atoms with E-state index in [9.17, 15) is 9.59 Å². The summed E-state index contributed by atoms with van der Waals surface area (Å²) in [5.41, 5.74) is 1.31. The van der Waals surface area contributed by atoms with Crippen molar-refractivity contribution in [3.8, 4) is 11.8 Å². The topological polar surface area (TPSA) is 110 Å². The molecular formula is C22H18N4O4. The molecule has 0 saturated heterocycles. The molecule has 2 heterocycles. The van der Waals surface area contributed by atoms with E-state index in [2.05, 4.69) is 16.4 Å². The first-order valence-corrected chi connectivity index (χ1v) is 9.42. The fraction of sp³-hybridized carbons (Fsp3) is 0.182. The number of fused-ring (bicyclic) bond motifs is 3. The molecule has 0 atom stereocenters. The van der Waals surface area contributed by atoms with Crippen LogP contribution in [0.5, 0.6) is 5.75 Å². The zero-order valence-corrected chi connectivity index (χ0v) is 16.0. The number of unbranched alkanes of at least 4 members (excludes halogenated alkanes) is 1. The number of aromatic nitrogens is 2. The van der Waals surface area contributed by atoms with Gasteiger partial charge in [0.05, 0.1) is 19.0 Å². The smallest absolute Gasteiger partial charge is 0.297 e. The number of amides is 1. The molecule has 4 rings (SSSR count). The zero-order chi connectivity index (χ0) is 20.9. The Morgan fingerprint density at radius 1 is 1.23 bits per heavy atom. The Kier molecular flexibility index (Phi) is 5.44. The van der Waals surface area contributed by atoms with Crippen molar-refractivity contribution >= 4 is 33.7 Å². The number of hydrogen-bond acceptors (Lipinski definition) is 6. The first-order valence-electron chi connectivity index (χ1n) is 9.42. The number of furan rings is 1. The van der Waals surface area contributed by atoms with Gasteiger partial charge in [0.15, 0.2) is 0 Å². The maximum Gasteiger partial charge on any atom is 0.297 e. The first-order chi connectivity index (χ1) is 14.7. The highest BCUT2D eigenvalue weighted by molar-refractivity contribution is 6.01. The van der Waals surface area contributed by atoms with Crippen LogP contribution in [0.15, 0.2) is 64.1 Å². The molecule has 0 radical (unpaired) electrons. The third-order valence-corrected chi connectivity index (χ3v) is 4.48. The van der Waals surface area contributed by atoms with Crippen molar-refractivity contribution in [3.05, 3.63) is 65.2 Å². The molecule has 2 aromatic heterocycles. The molecule has 0 bridgehead atoms. The van der Waals surface area contributed by atoms with Gasteiger partial charge in [-0.2, -0.15) is 5.26 Å². The van der Waals surface area contributed by atoms with Crippen LogP contribution in [0.2, 0.25) is 0 Å². The van der Waals surface area contributed by atoms with Crippen LogP contribution in [0.4, 0.5) is 5.69 Å². The Labute approximate surface area is 171 Å². The summed E-state index contributed by atoms with van der Waals surface area (Å²) in [5.74, 6) is 0.212. The van der Waals surface area contributed by atoms with Crippen molar-refractivity contribution < 1.29 is 13.9 Å². The number of nitrogens with zero attached hydrogens (tertiary/aromatic N) is 3. The minimum absolute atomic E-state index is 0.124. The number of rotatable bonds is 7. The van der Waals surface area contributed by atoms with Crippen LogP contribution in [0, 0.1) is 11.3 Å². The molecular weight excluding hydrogens is 384 g/mol. The van der Waals surface area contributed by atoms with Crippen LogP contribution in [-0.4, -0.2) is 22.1 Å². The molecule has 4 aromatic rings.